The van der Waals surface area contributed by atoms with Crippen LogP contribution in [0.2, 0.25) is 10.0 Å². The van der Waals surface area contributed by atoms with Gasteiger partial charge in [0.25, 0.3) is 5.91 Å². The Hall–Kier alpha value is -2.25. The number of carbonyl (C=O) groups excluding carboxylic acids is 1. The molecule has 0 aliphatic carbocycles. The summed E-state index contributed by atoms with van der Waals surface area (Å²) in [6, 6.07) is 6.87. The third-order valence-corrected chi connectivity index (χ3v) is 4.91. The Morgan fingerprint density at radius 3 is 2.61 bits per heavy atom. The van der Waals surface area contributed by atoms with Crippen molar-refractivity contribution in [3.8, 4) is 5.75 Å². The minimum Gasteiger partial charge on any atom is -0.482 e. The predicted octanol–water partition coefficient (Wildman–Crippen LogP) is 3.25. The summed E-state index contributed by atoms with van der Waals surface area (Å²) in [6.07, 6.45) is 0. The summed E-state index contributed by atoms with van der Waals surface area (Å²) in [5.74, 6) is 2.79. The first-order valence-corrected chi connectivity index (χ1v) is 9.92. The van der Waals surface area contributed by atoms with Crippen molar-refractivity contribution < 1.29 is 9.53 Å². The molecule has 0 saturated carbocycles. The number of benzene rings is 1. The Morgan fingerprint density at radius 1 is 1.18 bits per heavy atom. The highest BCUT2D eigenvalue weighted by Gasteiger charge is 2.23. The number of anilines is 2. The molecule has 28 heavy (non-hydrogen) atoms. The number of aryl methyl sites for hydroxylation is 1. The van der Waals surface area contributed by atoms with Crippen molar-refractivity contribution in [2.24, 2.45) is 0 Å². The van der Waals surface area contributed by atoms with Crippen LogP contribution in [0.25, 0.3) is 0 Å². The summed E-state index contributed by atoms with van der Waals surface area (Å²) in [7, 11) is 0. The lowest BCUT2D eigenvalue weighted by Crippen LogP contribution is -2.50. The second-order valence-electron chi connectivity index (χ2n) is 6.42. The number of halogens is 2. The van der Waals surface area contributed by atoms with Gasteiger partial charge in [0.2, 0.25) is 0 Å². The molecule has 1 aromatic carbocycles. The van der Waals surface area contributed by atoms with Gasteiger partial charge in [0.05, 0.1) is 5.02 Å². The van der Waals surface area contributed by atoms with Gasteiger partial charge in [-0.05, 0) is 32.0 Å². The first-order valence-electron chi connectivity index (χ1n) is 9.16. The van der Waals surface area contributed by atoms with E-state index in [1.165, 1.54) is 0 Å². The molecule has 7 nitrogen and oxygen atoms in total. The Labute approximate surface area is 174 Å². The molecule has 9 heteroatoms. The van der Waals surface area contributed by atoms with Crippen molar-refractivity contribution in [1.82, 2.24) is 14.9 Å². The molecule has 3 rings (SSSR count). The van der Waals surface area contributed by atoms with Crippen LogP contribution >= 0.6 is 23.2 Å². The van der Waals surface area contributed by atoms with Gasteiger partial charge in [0.1, 0.15) is 23.2 Å². The molecule has 1 amide bonds. The van der Waals surface area contributed by atoms with E-state index in [1.54, 1.807) is 23.1 Å². The number of aromatic nitrogens is 2. The SMILES string of the molecule is CCNc1cc(N2CCN(C(=O)COc3ccc(Cl)cc3Cl)CC2)nc(C)n1. The van der Waals surface area contributed by atoms with E-state index in [1.807, 2.05) is 19.9 Å². The molecule has 0 atom stereocenters. The van der Waals surface area contributed by atoms with E-state index in [0.717, 1.165) is 24.0 Å². The summed E-state index contributed by atoms with van der Waals surface area (Å²) in [5, 5.41) is 4.13. The number of nitrogens with zero attached hydrogens (tertiary/aromatic N) is 4. The van der Waals surface area contributed by atoms with Crippen molar-refractivity contribution in [3.05, 3.63) is 40.1 Å². The first kappa shape index (κ1) is 20.5. The van der Waals surface area contributed by atoms with Crippen molar-refractivity contribution in [2.75, 3.05) is 49.5 Å². The third kappa shape index (κ3) is 5.17. The van der Waals surface area contributed by atoms with Crippen LogP contribution < -0.4 is 15.0 Å². The van der Waals surface area contributed by atoms with E-state index < -0.39 is 0 Å². The highest BCUT2D eigenvalue weighted by Crippen LogP contribution is 2.27. The Bertz CT molecular complexity index is 841. The van der Waals surface area contributed by atoms with Crippen molar-refractivity contribution in [2.45, 2.75) is 13.8 Å². The molecule has 0 radical (unpaired) electrons. The molecule has 1 saturated heterocycles. The lowest BCUT2D eigenvalue weighted by Gasteiger charge is -2.35. The van der Waals surface area contributed by atoms with Crippen LogP contribution in [0, 0.1) is 6.92 Å². The second kappa shape index (κ2) is 9.30. The monoisotopic (exact) mass is 423 g/mol. The third-order valence-electron chi connectivity index (χ3n) is 4.38. The first-order chi connectivity index (χ1) is 13.5. The van der Waals surface area contributed by atoms with Crippen molar-refractivity contribution in [3.63, 3.8) is 0 Å². The van der Waals surface area contributed by atoms with Crippen molar-refractivity contribution in [1.29, 1.82) is 0 Å². The van der Waals surface area contributed by atoms with Gasteiger partial charge in [-0.1, -0.05) is 23.2 Å². The lowest BCUT2D eigenvalue weighted by molar-refractivity contribution is -0.133. The van der Waals surface area contributed by atoms with Crippen LogP contribution in [0.1, 0.15) is 12.7 Å². The molecule has 0 spiro atoms. The topological polar surface area (TPSA) is 70.6 Å². The van der Waals surface area contributed by atoms with Gasteiger partial charge >= 0.3 is 0 Å². The van der Waals surface area contributed by atoms with Gasteiger partial charge in [0.15, 0.2) is 6.61 Å². The quantitative estimate of drug-likeness (QED) is 0.768. The average molecular weight is 424 g/mol. The molecule has 1 aliphatic heterocycles. The van der Waals surface area contributed by atoms with Gasteiger partial charge in [-0.3, -0.25) is 4.79 Å². The predicted molar refractivity (Wildman–Crippen MR) is 112 cm³/mol. The number of ether oxygens (including phenoxy) is 1. The molecule has 1 aliphatic rings. The lowest BCUT2D eigenvalue weighted by atomic mass is 10.3. The fourth-order valence-electron chi connectivity index (χ4n) is 2.99. The molecule has 2 heterocycles. The highest BCUT2D eigenvalue weighted by atomic mass is 35.5. The summed E-state index contributed by atoms with van der Waals surface area (Å²) in [5.41, 5.74) is 0. The summed E-state index contributed by atoms with van der Waals surface area (Å²) >= 11 is 11.9. The number of carbonyl (C=O) groups is 1. The normalized spacial score (nSPS) is 14.1. The van der Waals surface area contributed by atoms with E-state index in [-0.39, 0.29) is 12.5 Å². The highest BCUT2D eigenvalue weighted by molar-refractivity contribution is 6.35. The largest absolute Gasteiger partial charge is 0.482 e. The second-order valence-corrected chi connectivity index (χ2v) is 7.26. The Morgan fingerprint density at radius 2 is 1.93 bits per heavy atom. The van der Waals surface area contributed by atoms with Crippen LogP contribution in [-0.2, 0) is 4.79 Å². The fraction of sp³-hybridized carbons (Fsp3) is 0.421. The molecule has 1 N–H and O–H groups in total. The maximum Gasteiger partial charge on any atom is 0.260 e. The maximum atomic E-state index is 12.5. The minimum absolute atomic E-state index is 0.0570. The van der Waals surface area contributed by atoms with E-state index in [0.29, 0.717) is 42.0 Å². The summed E-state index contributed by atoms with van der Waals surface area (Å²) < 4.78 is 5.55. The van der Waals surface area contributed by atoms with Crippen LogP contribution in [-0.4, -0.2) is 60.1 Å². The zero-order chi connectivity index (χ0) is 20.1. The summed E-state index contributed by atoms with van der Waals surface area (Å²) in [4.78, 5) is 25.3. The van der Waals surface area contributed by atoms with Crippen LogP contribution in [0.15, 0.2) is 24.3 Å². The van der Waals surface area contributed by atoms with Crippen LogP contribution in [0.3, 0.4) is 0 Å². The molecule has 0 bridgehead atoms. The fourth-order valence-corrected chi connectivity index (χ4v) is 3.46. The number of amides is 1. The number of hydrogen-bond acceptors (Lipinski definition) is 6. The summed E-state index contributed by atoms with van der Waals surface area (Å²) in [6.45, 7) is 7.27. The van der Waals surface area contributed by atoms with Gasteiger partial charge < -0.3 is 19.9 Å². The standard InChI is InChI=1S/C19H23Cl2N5O2/c1-3-22-17-11-18(24-13(2)23-17)25-6-8-26(9-7-25)19(27)12-28-16-5-4-14(20)10-15(16)21/h4-5,10-11H,3,6-9,12H2,1-2H3,(H,22,23,24). The number of piperazine rings is 1. The Balaban J connectivity index is 1.54. The molecule has 1 aromatic heterocycles. The molecular formula is C19H23Cl2N5O2. The molecule has 2 aromatic rings. The van der Waals surface area contributed by atoms with E-state index in [9.17, 15) is 4.79 Å². The van der Waals surface area contributed by atoms with Crippen LogP contribution in [0.4, 0.5) is 11.6 Å². The van der Waals surface area contributed by atoms with Gasteiger partial charge in [-0.2, -0.15) is 0 Å². The zero-order valence-corrected chi connectivity index (χ0v) is 17.4. The molecule has 150 valence electrons. The molecular weight excluding hydrogens is 401 g/mol. The van der Waals surface area contributed by atoms with E-state index in [2.05, 4.69) is 20.2 Å². The number of hydrogen-bond donors (Lipinski definition) is 1. The zero-order valence-electron chi connectivity index (χ0n) is 15.9. The Kier molecular flexibility index (Phi) is 6.80. The number of rotatable bonds is 6. The molecule has 0 unspecified atom stereocenters. The smallest absolute Gasteiger partial charge is 0.260 e. The molecule has 1 fully saturated rings. The average Bonchev–Trinajstić information content (AvgIpc) is 2.67. The van der Waals surface area contributed by atoms with Gasteiger partial charge in [-0.15, -0.1) is 0 Å². The van der Waals surface area contributed by atoms with Gasteiger partial charge in [-0.25, -0.2) is 9.97 Å². The maximum absolute atomic E-state index is 12.5. The van der Waals surface area contributed by atoms with Gasteiger partial charge in [0, 0.05) is 43.8 Å². The minimum atomic E-state index is -0.0714. The number of nitrogens with one attached hydrogen (secondary N) is 1. The van der Waals surface area contributed by atoms with Crippen LogP contribution in [0.5, 0.6) is 5.75 Å². The van der Waals surface area contributed by atoms with Crippen molar-refractivity contribution >= 4 is 40.7 Å². The van der Waals surface area contributed by atoms with E-state index in [4.69, 9.17) is 27.9 Å². The van der Waals surface area contributed by atoms with E-state index >= 15 is 0 Å².